The first-order chi connectivity index (χ1) is 9.39. The van der Waals surface area contributed by atoms with E-state index in [1.807, 2.05) is 44.2 Å². The average Bonchev–Trinajstić information content (AvgIpc) is 2.92. The van der Waals surface area contributed by atoms with Gasteiger partial charge in [0.25, 0.3) is 10.0 Å². The molecule has 2 aromatic rings. The van der Waals surface area contributed by atoms with Crippen LogP contribution in [0.25, 0.3) is 0 Å². The quantitative estimate of drug-likeness (QED) is 0.842. The van der Waals surface area contributed by atoms with Crippen molar-refractivity contribution in [2.24, 2.45) is 5.41 Å². The summed E-state index contributed by atoms with van der Waals surface area (Å²) in [6, 6.07) is 9.99. The van der Waals surface area contributed by atoms with Gasteiger partial charge in [-0.05, 0) is 17.4 Å². The van der Waals surface area contributed by atoms with Gasteiger partial charge in [0.05, 0.1) is 6.20 Å². The van der Waals surface area contributed by atoms with Gasteiger partial charge < -0.3 is 0 Å². The molecule has 0 aliphatic rings. The molecule has 0 amide bonds. The number of sulfonamides is 1. The van der Waals surface area contributed by atoms with Crippen molar-refractivity contribution < 1.29 is 8.42 Å². The van der Waals surface area contributed by atoms with Crippen molar-refractivity contribution in [2.75, 3.05) is 6.54 Å². The zero-order valence-electron chi connectivity index (χ0n) is 11.5. The fourth-order valence-corrected chi connectivity index (χ4v) is 2.98. The van der Waals surface area contributed by atoms with Crippen LogP contribution in [0.3, 0.4) is 0 Å². The molecule has 2 N–H and O–H groups in total. The minimum atomic E-state index is -3.60. The van der Waals surface area contributed by atoms with Crippen molar-refractivity contribution in [3.8, 4) is 0 Å². The summed E-state index contributed by atoms with van der Waals surface area (Å²) in [5.74, 6) is 0. The van der Waals surface area contributed by atoms with Crippen molar-refractivity contribution in [2.45, 2.75) is 25.3 Å². The first-order valence-electron chi connectivity index (χ1n) is 6.28. The molecule has 0 saturated carbocycles. The number of aromatic nitrogens is 3. The van der Waals surface area contributed by atoms with E-state index in [0.717, 1.165) is 6.42 Å². The molecular weight excluding hydrogens is 276 g/mol. The zero-order valence-corrected chi connectivity index (χ0v) is 12.3. The van der Waals surface area contributed by atoms with Gasteiger partial charge in [-0.3, -0.25) is 0 Å². The van der Waals surface area contributed by atoms with Gasteiger partial charge >= 0.3 is 0 Å². The highest BCUT2D eigenvalue weighted by molar-refractivity contribution is 7.89. The molecule has 0 unspecified atom stereocenters. The van der Waals surface area contributed by atoms with Crippen LogP contribution in [-0.2, 0) is 16.4 Å². The smallest absolute Gasteiger partial charge is 0.209 e. The number of nitrogens with one attached hydrogen (secondary N) is 2. The molecule has 1 aromatic heterocycles. The Morgan fingerprint density at radius 2 is 1.95 bits per heavy atom. The van der Waals surface area contributed by atoms with Crippen LogP contribution in [0.1, 0.15) is 19.4 Å². The summed E-state index contributed by atoms with van der Waals surface area (Å²) in [5.41, 5.74) is 0.983. The Balaban J connectivity index is 1.99. The van der Waals surface area contributed by atoms with Gasteiger partial charge in [-0.2, -0.15) is 10.3 Å². The molecule has 0 bridgehead atoms. The van der Waals surface area contributed by atoms with E-state index in [1.165, 1.54) is 11.8 Å². The molecule has 2 rings (SSSR count). The van der Waals surface area contributed by atoms with Crippen molar-refractivity contribution in [3.63, 3.8) is 0 Å². The summed E-state index contributed by atoms with van der Waals surface area (Å²) >= 11 is 0. The van der Waals surface area contributed by atoms with E-state index in [-0.39, 0.29) is 10.4 Å². The topological polar surface area (TPSA) is 87.7 Å². The molecule has 0 fully saturated rings. The molecular formula is C13H18N4O2S. The Hall–Kier alpha value is -1.73. The third-order valence-corrected chi connectivity index (χ3v) is 4.21. The fraction of sp³-hybridized carbons (Fsp3) is 0.385. The third kappa shape index (κ3) is 3.88. The summed E-state index contributed by atoms with van der Waals surface area (Å²) in [6.07, 6.45) is 1.97. The second kappa shape index (κ2) is 5.72. The fourth-order valence-electron chi connectivity index (χ4n) is 1.90. The van der Waals surface area contributed by atoms with E-state index in [4.69, 9.17) is 0 Å². The van der Waals surface area contributed by atoms with Crippen LogP contribution < -0.4 is 4.72 Å². The lowest BCUT2D eigenvalue weighted by Crippen LogP contribution is -2.35. The van der Waals surface area contributed by atoms with E-state index >= 15 is 0 Å². The number of rotatable bonds is 6. The van der Waals surface area contributed by atoms with E-state index in [9.17, 15) is 8.42 Å². The largest absolute Gasteiger partial charge is 0.261 e. The zero-order chi connectivity index (χ0) is 14.6. The molecule has 0 saturated heterocycles. The van der Waals surface area contributed by atoms with Gasteiger partial charge in [-0.15, -0.1) is 5.10 Å². The Kier molecular flexibility index (Phi) is 4.20. The van der Waals surface area contributed by atoms with Crippen LogP contribution in [-0.4, -0.2) is 30.4 Å². The lowest BCUT2D eigenvalue weighted by molar-refractivity contribution is 0.361. The summed E-state index contributed by atoms with van der Waals surface area (Å²) in [4.78, 5) is 0. The van der Waals surface area contributed by atoms with Crippen LogP contribution in [0.4, 0.5) is 0 Å². The van der Waals surface area contributed by atoms with Crippen LogP contribution in [0.15, 0.2) is 41.6 Å². The SMILES string of the molecule is CC(C)(CNS(=O)(=O)c1cn[nH]n1)Cc1ccccc1. The third-order valence-electron chi connectivity index (χ3n) is 2.93. The number of H-pyrrole nitrogens is 1. The van der Waals surface area contributed by atoms with E-state index in [0.29, 0.717) is 6.54 Å². The highest BCUT2D eigenvalue weighted by Crippen LogP contribution is 2.21. The minimum absolute atomic E-state index is 0.0898. The summed E-state index contributed by atoms with van der Waals surface area (Å²) in [6.45, 7) is 4.37. The Bertz CT molecular complexity index is 636. The lowest BCUT2D eigenvalue weighted by atomic mass is 9.86. The summed E-state index contributed by atoms with van der Waals surface area (Å²) in [7, 11) is -3.60. The number of hydrogen-bond donors (Lipinski definition) is 2. The molecule has 1 aromatic carbocycles. The van der Waals surface area contributed by atoms with Gasteiger partial charge in [0.2, 0.25) is 5.03 Å². The standard InChI is InChI=1S/C13H18N4O2S/c1-13(2,8-11-6-4-3-5-7-11)10-15-20(18,19)12-9-14-17-16-12/h3-7,9,15H,8,10H2,1-2H3,(H,14,16,17). The normalized spacial score (nSPS) is 12.5. The summed E-state index contributed by atoms with van der Waals surface area (Å²) in [5, 5.41) is 9.30. The van der Waals surface area contributed by atoms with Gasteiger partial charge in [0, 0.05) is 6.54 Å². The Labute approximate surface area is 118 Å². The van der Waals surface area contributed by atoms with Crippen molar-refractivity contribution >= 4 is 10.0 Å². The number of benzene rings is 1. The van der Waals surface area contributed by atoms with Crippen molar-refractivity contribution in [1.82, 2.24) is 20.1 Å². The monoisotopic (exact) mass is 294 g/mol. The molecule has 0 aliphatic carbocycles. The molecule has 0 radical (unpaired) electrons. The van der Waals surface area contributed by atoms with E-state index < -0.39 is 10.0 Å². The maximum absolute atomic E-state index is 12.0. The highest BCUT2D eigenvalue weighted by atomic mass is 32.2. The number of hydrogen-bond acceptors (Lipinski definition) is 4. The molecule has 1 heterocycles. The lowest BCUT2D eigenvalue weighted by Gasteiger charge is -2.24. The first kappa shape index (κ1) is 14.7. The Morgan fingerprint density at radius 1 is 1.25 bits per heavy atom. The van der Waals surface area contributed by atoms with Crippen LogP contribution >= 0.6 is 0 Å². The van der Waals surface area contributed by atoms with Crippen LogP contribution in [0.5, 0.6) is 0 Å². The van der Waals surface area contributed by atoms with Gasteiger partial charge in [0.1, 0.15) is 0 Å². The average molecular weight is 294 g/mol. The van der Waals surface area contributed by atoms with E-state index in [2.05, 4.69) is 20.1 Å². The van der Waals surface area contributed by atoms with Crippen LogP contribution in [0.2, 0.25) is 0 Å². The second-order valence-corrected chi connectivity index (χ2v) is 7.17. The van der Waals surface area contributed by atoms with Gasteiger partial charge in [0.15, 0.2) is 0 Å². The maximum atomic E-state index is 12.0. The molecule has 7 heteroatoms. The van der Waals surface area contributed by atoms with Crippen LogP contribution in [0, 0.1) is 5.41 Å². The molecule has 108 valence electrons. The molecule has 0 spiro atoms. The summed E-state index contributed by atoms with van der Waals surface area (Å²) < 4.78 is 26.5. The number of nitrogens with zero attached hydrogens (tertiary/aromatic N) is 2. The molecule has 20 heavy (non-hydrogen) atoms. The first-order valence-corrected chi connectivity index (χ1v) is 7.77. The molecule has 0 atom stereocenters. The van der Waals surface area contributed by atoms with Gasteiger partial charge in [-0.25, -0.2) is 13.1 Å². The molecule has 0 aliphatic heterocycles. The number of aromatic amines is 1. The Morgan fingerprint density at radius 3 is 2.55 bits per heavy atom. The van der Waals surface area contributed by atoms with Crippen molar-refractivity contribution in [1.29, 1.82) is 0 Å². The highest BCUT2D eigenvalue weighted by Gasteiger charge is 2.24. The second-order valence-electron chi connectivity index (χ2n) is 5.46. The maximum Gasteiger partial charge on any atom is 0.261 e. The predicted molar refractivity (Wildman–Crippen MR) is 75.5 cm³/mol. The molecule has 6 nitrogen and oxygen atoms in total. The predicted octanol–water partition coefficient (Wildman–Crippen LogP) is 1.35. The minimum Gasteiger partial charge on any atom is -0.209 e. The van der Waals surface area contributed by atoms with E-state index in [1.54, 1.807) is 0 Å². The van der Waals surface area contributed by atoms with Crippen molar-refractivity contribution in [3.05, 3.63) is 42.1 Å². The van der Waals surface area contributed by atoms with Gasteiger partial charge in [-0.1, -0.05) is 44.2 Å².